The average molecular weight is 254 g/mol. The lowest BCUT2D eigenvalue weighted by molar-refractivity contribution is 0.172. The van der Waals surface area contributed by atoms with Crippen LogP contribution in [0.25, 0.3) is 0 Å². The standard InChI is InChI=1S/C12H16BrN/c1-9-6-11(7-10(2)12(9)13)8-14-4-3-5-14/h6-7H,3-5,8H2,1-2H3. The second-order valence-corrected chi connectivity index (χ2v) is 4.97. The molecular formula is C12H16BrN. The zero-order valence-corrected chi connectivity index (χ0v) is 10.4. The van der Waals surface area contributed by atoms with Gasteiger partial charge in [0.15, 0.2) is 0 Å². The third-order valence-corrected chi connectivity index (χ3v) is 4.10. The largest absolute Gasteiger partial charge is 0.299 e. The maximum absolute atomic E-state index is 3.60. The minimum atomic E-state index is 1.12. The third-order valence-electron chi connectivity index (χ3n) is 2.85. The highest BCUT2D eigenvalue weighted by atomic mass is 79.9. The van der Waals surface area contributed by atoms with Crippen molar-refractivity contribution in [2.24, 2.45) is 0 Å². The number of hydrogen-bond donors (Lipinski definition) is 0. The van der Waals surface area contributed by atoms with Crippen LogP contribution in [-0.2, 0) is 6.54 Å². The van der Waals surface area contributed by atoms with Crippen molar-refractivity contribution < 1.29 is 0 Å². The Morgan fingerprint density at radius 3 is 2.21 bits per heavy atom. The highest BCUT2D eigenvalue weighted by Gasteiger charge is 2.14. The first-order valence-electron chi connectivity index (χ1n) is 5.15. The summed E-state index contributed by atoms with van der Waals surface area (Å²) in [7, 11) is 0. The Morgan fingerprint density at radius 1 is 1.21 bits per heavy atom. The quantitative estimate of drug-likeness (QED) is 0.782. The third kappa shape index (κ3) is 2.01. The van der Waals surface area contributed by atoms with Crippen LogP contribution in [0.1, 0.15) is 23.1 Å². The summed E-state index contributed by atoms with van der Waals surface area (Å²) in [6.45, 7) is 7.99. The van der Waals surface area contributed by atoms with Gasteiger partial charge in [-0.25, -0.2) is 0 Å². The van der Waals surface area contributed by atoms with Crippen LogP contribution in [0, 0.1) is 13.8 Å². The molecule has 0 aromatic heterocycles. The molecule has 1 heterocycles. The fourth-order valence-electron chi connectivity index (χ4n) is 1.92. The summed E-state index contributed by atoms with van der Waals surface area (Å²) in [5.74, 6) is 0. The molecule has 1 nitrogen and oxygen atoms in total. The van der Waals surface area contributed by atoms with E-state index in [1.165, 1.54) is 40.7 Å². The van der Waals surface area contributed by atoms with E-state index in [0.717, 1.165) is 6.54 Å². The van der Waals surface area contributed by atoms with Gasteiger partial charge in [0.2, 0.25) is 0 Å². The molecule has 1 aliphatic heterocycles. The van der Waals surface area contributed by atoms with E-state index in [4.69, 9.17) is 0 Å². The predicted octanol–water partition coefficient (Wildman–Crippen LogP) is 3.27. The smallest absolute Gasteiger partial charge is 0.0233 e. The molecule has 0 bridgehead atoms. The van der Waals surface area contributed by atoms with Crippen LogP contribution >= 0.6 is 15.9 Å². The zero-order chi connectivity index (χ0) is 10.1. The molecule has 0 unspecified atom stereocenters. The lowest BCUT2D eigenvalue weighted by Crippen LogP contribution is -2.36. The number of hydrogen-bond acceptors (Lipinski definition) is 1. The Kier molecular flexibility index (Phi) is 2.93. The fraction of sp³-hybridized carbons (Fsp3) is 0.500. The molecule has 0 spiro atoms. The summed E-state index contributed by atoms with van der Waals surface area (Å²) in [5.41, 5.74) is 4.14. The van der Waals surface area contributed by atoms with E-state index < -0.39 is 0 Å². The van der Waals surface area contributed by atoms with Crippen molar-refractivity contribution in [1.82, 2.24) is 4.90 Å². The van der Waals surface area contributed by atoms with Crippen molar-refractivity contribution in [2.75, 3.05) is 13.1 Å². The van der Waals surface area contributed by atoms with Crippen molar-refractivity contribution in [3.8, 4) is 0 Å². The van der Waals surface area contributed by atoms with Crippen LogP contribution in [0.4, 0.5) is 0 Å². The maximum atomic E-state index is 3.60. The molecule has 14 heavy (non-hydrogen) atoms. The first kappa shape index (κ1) is 10.2. The van der Waals surface area contributed by atoms with Gasteiger partial charge in [0.1, 0.15) is 0 Å². The van der Waals surface area contributed by atoms with Crippen molar-refractivity contribution in [3.63, 3.8) is 0 Å². The van der Waals surface area contributed by atoms with Crippen molar-refractivity contribution >= 4 is 15.9 Å². The summed E-state index contributed by atoms with van der Waals surface area (Å²) in [6, 6.07) is 4.57. The molecular weight excluding hydrogens is 238 g/mol. The second kappa shape index (κ2) is 4.03. The first-order chi connectivity index (χ1) is 6.66. The van der Waals surface area contributed by atoms with Crippen molar-refractivity contribution in [1.29, 1.82) is 0 Å². The molecule has 1 saturated heterocycles. The van der Waals surface area contributed by atoms with Gasteiger partial charge in [-0.15, -0.1) is 0 Å². The van der Waals surface area contributed by atoms with E-state index in [2.05, 4.69) is 46.8 Å². The van der Waals surface area contributed by atoms with Gasteiger partial charge in [-0.1, -0.05) is 28.1 Å². The van der Waals surface area contributed by atoms with Crippen LogP contribution in [-0.4, -0.2) is 18.0 Å². The minimum Gasteiger partial charge on any atom is -0.299 e. The van der Waals surface area contributed by atoms with Gasteiger partial charge in [0.05, 0.1) is 0 Å². The molecule has 0 radical (unpaired) electrons. The summed E-state index contributed by atoms with van der Waals surface area (Å²) < 4.78 is 1.25. The van der Waals surface area contributed by atoms with Gasteiger partial charge in [-0.05, 0) is 50.0 Å². The number of likely N-dealkylation sites (tertiary alicyclic amines) is 1. The molecule has 1 aromatic rings. The van der Waals surface area contributed by atoms with Crippen LogP contribution in [0.5, 0.6) is 0 Å². The maximum Gasteiger partial charge on any atom is 0.0233 e. The lowest BCUT2D eigenvalue weighted by Gasteiger charge is -2.30. The molecule has 0 saturated carbocycles. The predicted molar refractivity (Wildman–Crippen MR) is 63.5 cm³/mol. The SMILES string of the molecule is Cc1cc(CN2CCC2)cc(C)c1Br. The van der Waals surface area contributed by atoms with Gasteiger partial charge >= 0.3 is 0 Å². The Bertz CT molecular complexity index is 319. The fourth-order valence-corrected chi connectivity index (χ4v) is 2.15. The van der Waals surface area contributed by atoms with Crippen molar-refractivity contribution in [3.05, 3.63) is 33.3 Å². The van der Waals surface area contributed by atoms with Gasteiger partial charge in [-0.2, -0.15) is 0 Å². The Hall–Kier alpha value is -0.340. The van der Waals surface area contributed by atoms with E-state index >= 15 is 0 Å². The van der Waals surface area contributed by atoms with E-state index in [-0.39, 0.29) is 0 Å². The van der Waals surface area contributed by atoms with Gasteiger partial charge in [0.25, 0.3) is 0 Å². The molecule has 76 valence electrons. The Labute approximate surface area is 94.2 Å². The number of nitrogens with zero attached hydrogens (tertiary/aromatic N) is 1. The molecule has 1 fully saturated rings. The van der Waals surface area contributed by atoms with E-state index in [1.54, 1.807) is 0 Å². The molecule has 0 atom stereocenters. The molecule has 1 aliphatic rings. The van der Waals surface area contributed by atoms with E-state index in [1.807, 2.05) is 0 Å². The Morgan fingerprint density at radius 2 is 1.79 bits per heavy atom. The average Bonchev–Trinajstić information content (AvgIpc) is 2.07. The van der Waals surface area contributed by atoms with Crippen LogP contribution in [0.2, 0.25) is 0 Å². The summed E-state index contributed by atoms with van der Waals surface area (Å²) in [5, 5.41) is 0. The highest BCUT2D eigenvalue weighted by molar-refractivity contribution is 9.10. The second-order valence-electron chi connectivity index (χ2n) is 4.17. The van der Waals surface area contributed by atoms with Crippen LogP contribution in [0.15, 0.2) is 16.6 Å². The number of rotatable bonds is 2. The van der Waals surface area contributed by atoms with E-state index in [9.17, 15) is 0 Å². The topological polar surface area (TPSA) is 3.24 Å². The molecule has 0 N–H and O–H groups in total. The molecule has 1 aromatic carbocycles. The van der Waals surface area contributed by atoms with Crippen LogP contribution < -0.4 is 0 Å². The normalized spacial score (nSPS) is 16.8. The monoisotopic (exact) mass is 253 g/mol. The van der Waals surface area contributed by atoms with E-state index in [0.29, 0.717) is 0 Å². The molecule has 0 amide bonds. The highest BCUT2D eigenvalue weighted by Crippen LogP contribution is 2.23. The summed E-state index contributed by atoms with van der Waals surface area (Å²) >= 11 is 3.60. The lowest BCUT2D eigenvalue weighted by atomic mass is 10.1. The van der Waals surface area contributed by atoms with Gasteiger partial charge in [-0.3, -0.25) is 4.90 Å². The van der Waals surface area contributed by atoms with Gasteiger partial charge < -0.3 is 0 Å². The molecule has 2 rings (SSSR count). The summed E-state index contributed by atoms with van der Waals surface area (Å²) in [4.78, 5) is 2.49. The van der Waals surface area contributed by atoms with Crippen LogP contribution in [0.3, 0.4) is 0 Å². The molecule has 2 heteroatoms. The number of benzene rings is 1. The minimum absolute atomic E-state index is 1.12. The summed E-state index contributed by atoms with van der Waals surface area (Å²) in [6.07, 6.45) is 1.37. The zero-order valence-electron chi connectivity index (χ0n) is 8.81. The number of aryl methyl sites for hydroxylation is 2. The first-order valence-corrected chi connectivity index (χ1v) is 5.94. The van der Waals surface area contributed by atoms with Gasteiger partial charge in [0, 0.05) is 11.0 Å². The van der Waals surface area contributed by atoms with Crippen molar-refractivity contribution in [2.45, 2.75) is 26.8 Å². The number of halogens is 1. The Balaban J connectivity index is 2.17. The molecule has 0 aliphatic carbocycles.